The van der Waals surface area contributed by atoms with Crippen LogP contribution in [0.5, 0.6) is 0 Å². The van der Waals surface area contributed by atoms with Gasteiger partial charge in [0, 0.05) is 44.8 Å². The van der Waals surface area contributed by atoms with Crippen LogP contribution < -0.4 is 5.32 Å². The highest BCUT2D eigenvalue weighted by atomic mass is 16.5. The molecule has 6 nitrogen and oxygen atoms in total. The van der Waals surface area contributed by atoms with Gasteiger partial charge in [-0.05, 0) is 35.2 Å². The third-order valence-electron chi connectivity index (χ3n) is 5.92. The van der Waals surface area contributed by atoms with Crippen LogP contribution in [-0.2, 0) is 17.8 Å². The number of aryl methyl sites for hydroxylation is 1. The number of nitrogens with one attached hydrogen (secondary N) is 1. The van der Waals surface area contributed by atoms with Crippen LogP contribution in [0.25, 0.3) is 21.9 Å². The molecule has 0 aliphatic heterocycles. The number of hydrogen-bond donors (Lipinski definition) is 1. The van der Waals surface area contributed by atoms with Gasteiger partial charge in [0.05, 0.1) is 18.6 Å². The Kier molecular flexibility index (Phi) is 7.58. The quantitative estimate of drug-likeness (QED) is 0.327. The summed E-state index contributed by atoms with van der Waals surface area (Å²) >= 11 is 0. The van der Waals surface area contributed by atoms with Crippen molar-refractivity contribution in [3.8, 4) is 11.1 Å². The second-order valence-electron chi connectivity index (χ2n) is 8.30. The molecule has 2 aromatic heterocycles. The molecule has 0 aliphatic carbocycles. The summed E-state index contributed by atoms with van der Waals surface area (Å²) in [5.41, 5.74) is 3.91. The number of ether oxygens (including phenoxy) is 1. The zero-order valence-corrected chi connectivity index (χ0v) is 19.5. The molecule has 0 spiro atoms. The number of benzene rings is 2. The third-order valence-corrected chi connectivity index (χ3v) is 5.92. The zero-order valence-electron chi connectivity index (χ0n) is 19.5. The lowest BCUT2D eigenvalue weighted by Crippen LogP contribution is -2.27. The number of carbonyl (C=O) groups excluding carboxylic acids is 1. The molecular weight excluding hydrogens is 412 g/mol. The van der Waals surface area contributed by atoms with Crippen LogP contribution in [0.3, 0.4) is 0 Å². The molecule has 1 N–H and O–H groups in total. The fourth-order valence-corrected chi connectivity index (χ4v) is 4.15. The fraction of sp³-hybridized carbons (Fsp3) is 0.333. The van der Waals surface area contributed by atoms with Gasteiger partial charge in [-0.15, -0.1) is 0 Å². The van der Waals surface area contributed by atoms with Gasteiger partial charge in [0.1, 0.15) is 5.69 Å². The van der Waals surface area contributed by atoms with E-state index in [0.29, 0.717) is 25.4 Å². The van der Waals surface area contributed by atoms with Crippen LogP contribution in [0.15, 0.2) is 67.3 Å². The number of amides is 1. The van der Waals surface area contributed by atoms with Gasteiger partial charge in [0.2, 0.25) is 0 Å². The molecule has 0 aliphatic rings. The van der Waals surface area contributed by atoms with E-state index in [1.54, 1.807) is 7.11 Å². The van der Waals surface area contributed by atoms with E-state index in [1.165, 1.54) is 10.8 Å². The Morgan fingerprint density at radius 3 is 2.79 bits per heavy atom. The van der Waals surface area contributed by atoms with Gasteiger partial charge in [-0.25, -0.2) is 4.98 Å². The summed E-state index contributed by atoms with van der Waals surface area (Å²) < 4.78 is 9.33. The number of carbonyl (C=O) groups is 1. The molecule has 1 amide bonds. The molecule has 0 bridgehead atoms. The molecule has 4 rings (SSSR count). The lowest BCUT2D eigenvalue weighted by atomic mass is 10.0. The summed E-state index contributed by atoms with van der Waals surface area (Å²) in [6.07, 6.45) is 8.87. The van der Waals surface area contributed by atoms with Crippen molar-refractivity contribution in [3.63, 3.8) is 0 Å². The smallest absolute Gasteiger partial charge is 0.267 e. The molecule has 6 heteroatoms. The maximum Gasteiger partial charge on any atom is 0.267 e. The van der Waals surface area contributed by atoms with Crippen LogP contribution in [0.1, 0.15) is 42.4 Å². The number of rotatable bonds is 11. The van der Waals surface area contributed by atoms with Crippen LogP contribution in [0.4, 0.5) is 0 Å². The minimum absolute atomic E-state index is 0.0720. The number of hydrogen-bond acceptors (Lipinski definition) is 3. The lowest BCUT2D eigenvalue weighted by Gasteiger charge is -2.12. The number of nitrogens with zero attached hydrogens (tertiary/aromatic N) is 3. The molecule has 0 atom stereocenters. The standard InChI is InChI=1S/C27H32N4O2/c1-3-4-14-30-20-28-17-23(30)19-31-18-22(16-26(31)27(32)29-13-8-15-33-2)25-12-7-10-21-9-5-6-11-24(21)25/h5-7,9-12,16-18,20H,3-4,8,13-15,19H2,1-2H3,(H,29,32). The first-order chi connectivity index (χ1) is 16.2. The Hall–Kier alpha value is -3.38. The van der Waals surface area contributed by atoms with Crippen molar-refractivity contribution in [3.05, 3.63) is 78.6 Å². The normalized spacial score (nSPS) is 11.2. The SMILES string of the molecule is CCCCn1cncc1Cn1cc(-c2cccc3ccccc23)cc1C(=O)NCCCOC. The summed E-state index contributed by atoms with van der Waals surface area (Å²) in [5.74, 6) is -0.0720. The highest BCUT2D eigenvalue weighted by Gasteiger charge is 2.17. The second-order valence-corrected chi connectivity index (χ2v) is 8.30. The molecule has 4 aromatic rings. The van der Waals surface area contributed by atoms with Crippen LogP contribution in [0.2, 0.25) is 0 Å². The highest BCUT2D eigenvalue weighted by Crippen LogP contribution is 2.30. The van der Waals surface area contributed by atoms with Crippen LogP contribution >= 0.6 is 0 Å². The first-order valence-electron chi connectivity index (χ1n) is 11.7. The van der Waals surface area contributed by atoms with Gasteiger partial charge in [-0.1, -0.05) is 55.8 Å². The van der Waals surface area contributed by atoms with E-state index in [-0.39, 0.29) is 5.91 Å². The maximum absolute atomic E-state index is 13.1. The predicted octanol–water partition coefficient (Wildman–Crippen LogP) is 5.12. The average molecular weight is 445 g/mol. The molecule has 0 saturated carbocycles. The monoisotopic (exact) mass is 444 g/mol. The second kappa shape index (κ2) is 11.0. The van der Waals surface area contributed by atoms with Gasteiger partial charge in [0.25, 0.3) is 5.91 Å². The number of fused-ring (bicyclic) bond motifs is 1. The van der Waals surface area contributed by atoms with Crippen molar-refractivity contribution in [2.75, 3.05) is 20.3 Å². The van der Waals surface area contributed by atoms with E-state index in [2.05, 4.69) is 64.4 Å². The number of aromatic nitrogens is 3. The molecule has 0 unspecified atom stereocenters. The average Bonchev–Trinajstić information content (AvgIpc) is 3.47. The van der Waals surface area contributed by atoms with Crippen LogP contribution in [-0.4, -0.2) is 40.3 Å². The molecule has 2 aromatic carbocycles. The van der Waals surface area contributed by atoms with Gasteiger partial charge >= 0.3 is 0 Å². The number of imidazole rings is 1. The molecular formula is C27H32N4O2. The number of unbranched alkanes of at least 4 members (excludes halogenated alkanes) is 1. The van der Waals surface area contributed by atoms with Crippen molar-refractivity contribution in [2.45, 2.75) is 39.3 Å². The Morgan fingerprint density at radius 1 is 1.09 bits per heavy atom. The third kappa shape index (κ3) is 5.34. The Balaban J connectivity index is 1.69. The summed E-state index contributed by atoms with van der Waals surface area (Å²) in [6.45, 7) is 4.91. The van der Waals surface area contributed by atoms with Crippen molar-refractivity contribution >= 4 is 16.7 Å². The first-order valence-corrected chi connectivity index (χ1v) is 11.7. The summed E-state index contributed by atoms with van der Waals surface area (Å²) in [7, 11) is 1.67. The summed E-state index contributed by atoms with van der Waals surface area (Å²) in [4.78, 5) is 17.5. The van der Waals surface area contributed by atoms with Gasteiger partial charge in [0.15, 0.2) is 0 Å². The van der Waals surface area contributed by atoms with Gasteiger partial charge in [-0.3, -0.25) is 4.79 Å². The summed E-state index contributed by atoms with van der Waals surface area (Å²) in [5, 5.41) is 5.41. The Labute approximate surface area is 195 Å². The largest absolute Gasteiger partial charge is 0.385 e. The van der Waals surface area contributed by atoms with Crippen molar-refractivity contribution in [1.29, 1.82) is 0 Å². The van der Waals surface area contributed by atoms with Crippen molar-refractivity contribution in [2.24, 2.45) is 0 Å². The lowest BCUT2D eigenvalue weighted by molar-refractivity contribution is 0.0939. The summed E-state index contributed by atoms with van der Waals surface area (Å²) in [6, 6.07) is 16.7. The van der Waals surface area contributed by atoms with Crippen molar-refractivity contribution in [1.82, 2.24) is 19.4 Å². The minimum Gasteiger partial charge on any atom is -0.385 e. The van der Waals surface area contributed by atoms with E-state index < -0.39 is 0 Å². The van der Waals surface area contributed by atoms with Gasteiger partial charge in [-0.2, -0.15) is 0 Å². The topological polar surface area (TPSA) is 61.1 Å². The molecule has 2 heterocycles. The number of methoxy groups -OCH3 is 1. The first kappa shape index (κ1) is 22.8. The highest BCUT2D eigenvalue weighted by molar-refractivity contribution is 5.99. The van der Waals surface area contributed by atoms with E-state index in [4.69, 9.17) is 4.74 Å². The van der Waals surface area contributed by atoms with E-state index in [1.807, 2.05) is 29.2 Å². The molecule has 172 valence electrons. The zero-order chi connectivity index (χ0) is 23.0. The minimum atomic E-state index is -0.0720. The maximum atomic E-state index is 13.1. The Morgan fingerprint density at radius 2 is 1.94 bits per heavy atom. The Bertz CT molecular complexity index is 1200. The molecule has 0 radical (unpaired) electrons. The fourth-order valence-electron chi connectivity index (χ4n) is 4.15. The van der Waals surface area contributed by atoms with E-state index in [9.17, 15) is 4.79 Å². The predicted molar refractivity (Wildman–Crippen MR) is 132 cm³/mol. The molecule has 33 heavy (non-hydrogen) atoms. The van der Waals surface area contributed by atoms with Crippen LogP contribution in [0, 0.1) is 0 Å². The van der Waals surface area contributed by atoms with E-state index >= 15 is 0 Å². The molecule has 0 saturated heterocycles. The van der Waals surface area contributed by atoms with E-state index in [0.717, 1.165) is 42.6 Å². The molecule has 0 fully saturated rings. The van der Waals surface area contributed by atoms with Gasteiger partial charge < -0.3 is 19.2 Å². The van der Waals surface area contributed by atoms with Crippen molar-refractivity contribution < 1.29 is 9.53 Å².